The molecule has 3 aromatic heterocycles. The number of fused-ring (bicyclic) bond motifs is 3. The molecule has 70 valence electrons. The Kier molecular flexibility index (Phi) is 1.44. The van der Waals surface area contributed by atoms with Crippen molar-refractivity contribution < 1.29 is 0 Å². The predicted octanol–water partition coefficient (Wildman–Crippen LogP) is 2.56. The highest BCUT2D eigenvalue weighted by molar-refractivity contribution is 7.18. The maximum absolute atomic E-state index is 4.40. The van der Waals surface area contributed by atoms with Gasteiger partial charge in [-0.3, -0.25) is 4.40 Å². The molecule has 0 atom stereocenters. The number of aromatic nitrogens is 3. The van der Waals surface area contributed by atoms with Crippen molar-refractivity contribution in [1.29, 1.82) is 0 Å². The average molecular weight is 203 g/mol. The van der Waals surface area contributed by atoms with Gasteiger partial charge in [0.25, 0.3) is 0 Å². The molecule has 0 aliphatic heterocycles. The zero-order chi connectivity index (χ0) is 9.71. The first-order chi connectivity index (χ1) is 6.77. The lowest BCUT2D eigenvalue weighted by atomic mass is 10.2. The van der Waals surface area contributed by atoms with Crippen molar-refractivity contribution in [2.75, 3.05) is 0 Å². The van der Waals surface area contributed by atoms with Gasteiger partial charge in [-0.25, -0.2) is 9.97 Å². The second-order valence-electron chi connectivity index (χ2n) is 3.37. The molecule has 0 amide bonds. The molecule has 0 N–H and O–H groups in total. The predicted molar refractivity (Wildman–Crippen MR) is 57.8 cm³/mol. The first kappa shape index (κ1) is 7.94. The summed E-state index contributed by atoms with van der Waals surface area (Å²) >= 11 is 1.73. The second kappa shape index (κ2) is 2.54. The van der Waals surface area contributed by atoms with Crippen molar-refractivity contribution >= 4 is 27.2 Å². The van der Waals surface area contributed by atoms with Crippen LogP contribution in [0.3, 0.4) is 0 Å². The smallest absolute Gasteiger partial charge is 0.148 e. The van der Waals surface area contributed by atoms with Crippen molar-refractivity contribution in [3.63, 3.8) is 0 Å². The van der Waals surface area contributed by atoms with Crippen LogP contribution in [-0.2, 0) is 0 Å². The summed E-state index contributed by atoms with van der Waals surface area (Å²) in [5.74, 6) is 0. The zero-order valence-corrected chi connectivity index (χ0v) is 8.80. The van der Waals surface area contributed by atoms with E-state index in [-0.39, 0.29) is 0 Å². The SMILES string of the molecule is Cc1sc2ncn3ccnc3c2c1C. The first-order valence-electron chi connectivity index (χ1n) is 4.45. The minimum Gasteiger partial charge on any atom is -0.290 e. The van der Waals surface area contributed by atoms with Crippen LogP contribution in [-0.4, -0.2) is 14.4 Å². The molecule has 4 heteroatoms. The number of hydrogen-bond acceptors (Lipinski definition) is 3. The van der Waals surface area contributed by atoms with E-state index in [9.17, 15) is 0 Å². The molecule has 0 aromatic carbocycles. The Bertz CT molecular complexity index is 621. The van der Waals surface area contributed by atoms with E-state index >= 15 is 0 Å². The third-order valence-electron chi connectivity index (χ3n) is 2.56. The van der Waals surface area contributed by atoms with Gasteiger partial charge < -0.3 is 0 Å². The van der Waals surface area contributed by atoms with Gasteiger partial charge in [0, 0.05) is 17.3 Å². The molecule has 3 heterocycles. The van der Waals surface area contributed by atoms with Gasteiger partial charge in [-0.15, -0.1) is 11.3 Å². The van der Waals surface area contributed by atoms with Crippen LogP contribution in [0.1, 0.15) is 10.4 Å². The van der Waals surface area contributed by atoms with Gasteiger partial charge in [-0.2, -0.15) is 0 Å². The summed E-state index contributed by atoms with van der Waals surface area (Å²) in [6, 6.07) is 0. The summed E-state index contributed by atoms with van der Waals surface area (Å²) in [6.07, 6.45) is 5.55. The quantitative estimate of drug-likeness (QED) is 0.562. The Morgan fingerprint density at radius 2 is 2.14 bits per heavy atom. The van der Waals surface area contributed by atoms with Crippen molar-refractivity contribution in [2.45, 2.75) is 13.8 Å². The van der Waals surface area contributed by atoms with E-state index in [0.717, 1.165) is 10.5 Å². The number of hydrogen-bond donors (Lipinski definition) is 0. The molecular formula is C10H9N3S. The molecule has 0 aliphatic rings. The molecule has 0 saturated carbocycles. The summed E-state index contributed by atoms with van der Waals surface area (Å²) in [4.78, 5) is 11.2. The van der Waals surface area contributed by atoms with Crippen LogP contribution in [0.4, 0.5) is 0 Å². The highest BCUT2D eigenvalue weighted by Crippen LogP contribution is 2.30. The Morgan fingerprint density at radius 1 is 1.29 bits per heavy atom. The van der Waals surface area contributed by atoms with E-state index < -0.39 is 0 Å². The summed E-state index contributed by atoms with van der Waals surface area (Å²) < 4.78 is 1.96. The first-order valence-corrected chi connectivity index (χ1v) is 5.26. The Balaban J connectivity index is 2.66. The molecule has 0 radical (unpaired) electrons. The molecule has 0 spiro atoms. The van der Waals surface area contributed by atoms with Gasteiger partial charge in [0.15, 0.2) is 0 Å². The molecule has 0 fully saturated rings. The standard InChI is InChI=1S/C10H9N3S/c1-6-7(2)14-10-8(6)9-11-3-4-13(9)5-12-10/h3-5H,1-2H3. The number of nitrogens with zero attached hydrogens (tertiary/aromatic N) is 3. The molecule has 3 rings (SSSR count). The largest absolute Gasteiger partial charge is 0.290 e. The van der Waals surface area contributed by atoms with Crippen LogP contribution in [0.15, 0.2) is 18.7 Å². The molecule has 0 saturated heterocycles. The highest BCUT2D eigenvalue weighted by atomic mass is 32.1. The fourth-order valence-electron chi connectivity index (χ4n) is 1.68. The Morgan fingerprint density at radius 3 is 3.00 bits per heavy atom. The minimum absolute atomic E-state index is 1.01. The number of aryl methyl sites for hydroxylation is 2. The van der Waals surface area contributed by atoms with Crippen LogP contribution >= 0.6 is 11.3 Å². The van der Waals surface area contributed by atoms with Gasteiger partial charge >= 0.3 is 0 Å². The lowest BCUT2D eigenvalue weighted by Crippen LogP contribution is -1.86. The van der Waals surface area contributed by atoms with E-state index in [1.165, 1.54) is 15.8 Å². The average Bonchev–Trinajstić information content (AvgIpc) is 2.72. The Hall–Kier alpha value is -1.42. The normalized spacial score (nSPS) is 11.6. The lowest BCUT2D eigenvalue weighted by molar-refractivity contribution is 1.12. The number of thiophene rings is 1. The minimum atomic E-state index is 1.01. The highest BCUT2D eigenvalue weighted by Gasteiger charge is 2.10. The molecule has 3 aromatic rings. The molecule has 0 bridgehead atoms. The number of imidazole rings is 1. The third-order valence-corrected chi connectivity index (χ3v) is 3.67. The van der Waals surface area contributed by atoms with Gasteiger partial charge in [-0.1, -0.05) is 0 Å². The lowest BCUT2D eigenvalue weighted by Gasteiger charge is -1.95. The third kappa shape index (κ3) is 0.861. The van der Waals surface area contributed by atoms with Crippen molar-refractivity contribution in [3.05, 3.63) is 29.2 Å². The maximum Gasteiger partial charge on any atom is 0.148 e. The summed E-state index contributed by atoms with van der Waals surface area (Å²) in [6.45, 7) is 4.26. The summed E-state index contributed by atoms with van der Waals surface area (Å²) in [7, 11) is 0. The van der Waals surface area contributed by atoms with E-state index in [1.54, 1.807) is 11.3 Å². The Labute approximate surface area is 85.0 Å². The zero-order valence-electron chi connectivity index (χ0n) is 7.98. The van der Waals surface area contributed by atoms with Gasteiger partial charge in [-0.05, 0) is 19.4 Å². The molecule has 0 unspecified atom stereocenters. The molecule has 0 aliphatic carbocycles. The van der Waals surface area contributed by atoms with Crippen molar-refractivity contribution in [3.8, 4) is 0 Å². The van der Waals surface area contributed by atoms with E-state index in [4.69, 9.17) is 0 Å². The fraction of sp³-hybridized carbons (Fsp3) is 0.200. The van der Waals surface area contributed by atoms with Crippen LogP contribution in [0.25, 0.3) is 15.9 Å². The van der Waals surface area contributed by atoms with Gasteiger partial charge in [0.05, 0.1) is 5.39 Å². The van der Waals surface area contributed by atoms with E-state index in [0.29, 0.717) is 0 Å². The summed E-state index contributed by atoms with van der Waals surface area (Å²) in [5, 5.41) is 1.19. The topological polar surface area (TPSA) is 30.2 Å². The van der Waals surface area contributed by atoms with Crippen LogP contribution in [0, 0.1) is 13.8 Å². The van der Waals surface area contributed by atoms with E-state index in [2.05, 4.69) is 23.8 Å². The molecule has 14 heavy (non-hydrogen) atoms. The molecular weight excluding hydrogens is 194 g/mol. The monoisotopic (exact) mass is 203 g/mol. The van der Waals surface area contributed by atoms with Crippen molar-refractivity contribution in [2.24, 2.45) is 0 Å². The fourth-order valence-corrected chi connectivity index (χ4v) is 2.67. The maximum atomic E-state index is 4.40. The summed E-state index contributed by atoms with van der Waals surface area (Å²) in [5.41, 5.74) is 2.31. The van der Waals surface area contributed by atoms with Crippen LogP contribution in [0.2, 0.25) is 0 Å². The van der Waals surface area contributed by atoms with Crippen molar-refractivity contribution in [1.82, 2.24) is 14.4 Å². The number of rotatable bonds is 0. The van der Waals surface area contributed by atoms with Crippen LogP contribution < -0.4 is 0 Å². The van der Waals surface area contributed by atoms with Crippen LogP contribution in [0.5, 0.6) is 0 Å². The molecule has 3 nitrogen and oxygen atoms in total. The van der Waals surface area contributed by atoms with E-state index in [1.807, 2.05) is 23.1 Å². The second-order valence-corrected chi connectivity index (χ2v) is 4.57. The van der Waals surface area contributed by atoms with Gasteiger partial charge in [0.2, 0.25) is 0 Å². The van der Waals surface area contributed by atoms with Gasteiger partial charge in [0.1, 0.15) is 16.8 Å².